The molecule has 5 heteroatoms. The molecule has 2 aromatic rings. The van der Waals surface area contributed by atoms with Crippen molar-refractivity contribution in [1.82, 2.24) is 10.2 Å². The number of amides is 1. The van der Waals surface area contributed by atoms with Crippen LogP contribution in [0.25, 0.3) is 11.1 Å². The first kappa shape index (κ1) is 20.3. The molecule has 1 N–H and O–H groups in total. The van der Waals surface area contributed by atoms with Gasteiger partial charge in [-0.15, -0.1) is 12.4 Å². The van der Waals surface area contributed by atoms with Crippen LogP contribution in [0.2, 0.25) is 0 Å². The third-order valence-corrected chi connectivity index (χ3v) is 5.15. The molecule has 1 heterocycles. The first-order valence-corrected chi connectivity index (χ1v) is 8.82. The van der Waals surface area contributed by atoms with Crippen molar-refractivity contribution in [3.8, 4) is 16.9 Å². The topological polar surface area (TPSA) is 41.6 Å². The fraction of sp³-hybridized carbons (Fsp3) is 0.381. The quantitative estimate of drug-likeness (QED) is 0.862. The summed E-state index contributed by atoms with van der Waals surface area (Å²) in [5.74, 6) is 1.20. The van der Waals surface area contributed by atoms with Crippen molar-refractivity contribution in [2.45, 2.75) is 19.4 Å². The van der Waals surface area contributed by atoms with Gasteiger partial charge in [-0.1, -0.05) is 42.5 Å². The van der Waals surface area contributed by atoms with Gasteiger partial charge in [0.05, 0.1) is 19.1 Å². The van der Waals surface area contributed by atoms with E-state index in [1.807, 2.05) is 30.1 Å². The fourth-order valence-corrected chi connectivity index (χ4v) is 3.39. The average molecular weight is 375 g/mol. The van der Waals surface area contributed by atoms with Crippen molar-refractivity contribution in [1.29, 1.82) is 0 Å². The Morgan fingerprint density at radius 3 is 2.50 bits per heavy atom. The number of hydrogen-bond acceptors (Lipinski definition) is 3. The van der Waals surface area contributed by atoms with Crippen LogP contribution in [0.15, 0.2) is 48.5 Å². The highest BCUT2D eigenvalue weighted by Crippen LogP contribution is 2.31. The molecule has 140 valence electrons. The van der Waals surface area contributed by atoms with Crippen LogP contribution in [0.4, 0.5) is 0 Å². The summed E-state index contributed by atoms with van der Waals surface area (Å²) in [6.45, 7) is 3.81. The molecule has 26 heavy (non-hydrogen) atoms. The summed E-state index contributed by atoms with van der Waals surface area (Å²) in [5.41, 5.74) is 3.33. The van der Waals surface area contributed by atoms with Crippen LogP contribution in [0, 0.1) is 5.92 Å². The molecule has 0 saturated carbocycles. The highest BCUT2D eigenvalue weighted by Gasteiger charge is 2.28. The van der Waals surface area contributed by atoms with E-state index in [1.165, 1.54) is 0 Å². The molecular weight excluding hydrogens is 348 g/mol. The summed E-state index contributed by atoms with van der Waals surface area (Å²) in [4.78, 5) is 14.5. The van der Waals surface area contributed by atoms with Gasteiger partial charge in [-0.2, -0.15) is 0 Å². The van der Waals surface area contributed by atoms with Crippen molar-refractivity contribution < 1.29 is 9.53 Å². The largest absolute Gasteiger partial charge is 0.496 e. The Bertz CT molecular complexity index is 727. The molecule has 0 aliphatic carbocycles. The van der Waals surface area contributed by atoms with E-state index in [-0.39, 0.29) is 30.3 Å². The Hall–Kier alpha value is -2.04. The van der Waals surface area contributed by atoms with Crippen molar-refractivity contribution in [3.63, 3.8) is 0 Å². The molecule has 0 spiro atoms. The number of halogens is 1. The Labute approximate surface area is 162 Å². The van der Waals surface area contributed by atoms with E-state index in [2.05, 4.69) is 42.6 Å². The third kappa shape index (κ3) is 4.19. The summed E-state index contributed by atoms with van der Waals surface area (Å²) in [6, 6.07) is 16.5. The normalized spacial score (nSPS) is 17.3. The number of nitrogens with one attached hydrogen (secondary N) is 1. The second kappa shape index (κ2) is 9.06. The van der Waals surface area contributed by atoms with Gasteiger partial charge in [0.25, 0.3) is 0 Å². The Balaban J connectivity index is 0.00000243. The maximum absolute atomic E-state index is 12.6. The number of carbonyl (C=O) groups excluding carboxylic acids is 1. The van der Waals surface area contributed by atoms with Crippen LogP contribution < -0.4 is 10.1 Å². The second-order valence-electron chi connectivity index (χ2n) is 6.64. The fourth-order valence-electron chi connectivity index (χ4n) is 3.39. The van der Waals surface area contributed by atoms with Crippen molar-refractivity contribution in [3.05, 3.63) is 54.1 Å². The highest BCUT2D eigenvalue weighted by molar-refractivity contribution is 5.85. The molecule has 1 saturated heterocycles. The van der Waals surface area contributed by atoms with Crippen molar-refractivity contribution in [2.24, 2.45) is 5.92 Å². The minimum absolute atomic E-state index is 0. The van der Waals surface area contributed by atoms with Crippen LogP contribution >= 0.6 is 12.4 Å². The second-order valence-corrected chi connectivity index (χ2v) is 6.64. The molecule has 3 rings (SSSR count). The molecular formula is C21H27ClN2O2. The van der Waals surface area contributed by atoms with Gasteiger partial charge in [0.1, 0.15) is 5.75 Å². The predicted octanol–water partition coefficient (Wildman–Crippen LogP) is 3.91. The number of methoxy groups -OCH3 is 1. The van der Waals surface area contributed by atoms with Gasteiger partial charge >= 0.3 is 0 Å². The van der Waals surface area contributed by atoms with Gasteiger partial charge in [0, 0.05) is 19.2 Å². The maximum atomic E-state index is 12.6. The number of nitrogens with zero attached hydrogens (tertiary/aromatic N) is 1. The number of carbonyl (C=O) groups is 1. The maximum Gasteiger partial charge on any atom is 0.227 e. The van der Waals surface area contributed by atoms with Gasteiger partial charge in [-0.25, -0.2) is 0 Å². The van der Waals surface area contributed by atoms with Crippen molar-refractivity contribution in [2.75, 3.05) is 27.2 Å². The number of para-hydroxylation sites is 1. The number of hydrogen-bond donors (Lipinski definition) is 1. The Morgan fingerprint density at radius 2 is 1.88 bits per heavy atom. The van der Waals surface area contributed by atoms with Gasteiger partial charge in [-0.3, -0.25) is 4.79 Å². The van der Waals surface area contributed by atoms with E-state index in [1.54, 1.807) is 7.11 Å². The molecule has 2 aromatic carbocycles. The molecule has 1 aliphatic rings. The van der Waals surface area contributed by atoms with E-state index < -0.39 is 0 Å². The molecule has 2 unspecified atom stereocenters. The Kier molecular flexibility index (Phi) is 7.06. The zero-order valence-electron chi connectivity index (χ0n) is 15.6. The molecule has 0 bridgehead atoms. The van der Waals surface area contributed by atoms with Gasteiger partial charge in [0.15, 0.2) is 0 Å². The van der Waals surface area contributed by atoms with Crippen LogP contribution in [-0.4, -0.2) is 38.1 Å². The molecule has 0 radical (unpaired) electrons. The van der Waals surface area contributed by atoms with Crippen molar-refractivity contribution >= 4 is 18.3 Å². The molecule has 2 atom stereocenters. The molecule has 1 amide bonds. The van der Waals surface area contributed by atoms with Gasteiger partial charge < -0.3 is 15.0 Å². The summed E-state index contributed by atoms with van der Waals surface area (Å²) >= 11 is 0. The molecule has 0 aromatic heterocycles. The van der Waals surface area contributed by atoms with Gasteiger partial charge in [0.2, 0.25) is 5.91 Å². The molecule has 1 fully saturated rings. The minimum Gasteiger partial charge on any atom is -0.496 e. The lowest BCUT2D eigenvalue weighted by Crippen LogP contribution is -2.35. The minimum atomic E-state index is 0. The number of rotatable bonds is 5. The zero-order chi connectivity index (χ0) is 17.8. The third-order valence-electron chi connectivity index (χ3n) is 5.15. The summed E-state index contributed by atoms with van der Waals surface area (Å²) in [7, 11) is 3.59. The van der Waals surface area contributed by atoms with Gasteiger partial charge in [-0.05, 0) is 37.1 Å². The monoisotopic (exact) mass is 374 g/mol. The highest BCUT2D eigenvalue weighted by atomic mass is 35.5. The van der Waals surface area contributed by atoms with E-state index in [9.17, 15) is 4.79 Å². The predicted molar refractivity (Wildman–Crippen MR) is 108 cm³/mol. The molecule has 1 aliphatic heterocycles. The molecule has 4 nitrogen and oxygen atoms in total. The van der Waals surface area contributed by atoms with E-state index >= 15 is 0 Å². The smallest absolute Gasteiger partial charge is 0.227 e. The SMILES string of the molecule is COc1ccccc1-c1ccc(C(C)N(C)C(=O)C2CCNC2)cc1.Cl. The lowest BCUT2D eigenvalue weighted by molar-refractivity contribution is -0.135. The van der Waals surface area contributed by atoms with Crippen LogP contribution in [0.3, 0.4) is 0 Å². The number of ether oxygens (including phenoxy) is 1. The summed E-state index contributed by atoms with van der Waals surface area (Å²) in [5, 5.41) is 3.26. The summed E-state index contributed by atoms with van der Waals surface area (Å²) < 4.78 is 5.45. The van der Waals surface area contributed by atoms with Crippen LogP contribution in [0.1, 0.15) is 24.9 Å². The lowest BCUT2D eigenvalue weighted by Gasteiger charge is -2.28. The van der Waals surface area contributed by atoms with Crippen LogP contribution in [0.5, 0.6) is 5.75 Å². The summed E-state index contributed by atoms with van der Waals surface area (Å²) in [6.07, 6.45) is 0.933. The average Bonchev–Trinajstić information content (AvgIpc) is 3.21. The number of benzene rings is 2. The lowest BCUT2D eigenvalue weighted by atomic mass is 9.99. The zero-order valence-corrected chi connectivity index (χ0v) is 16.4. The first-order chi connectivity index (χ1) is 12.1. The van der Waals surface area contributed by atoms with E-state index in [0.717, 1.165) is 42.0 Å². The van der Waals surface area contributed by atoms with Crippen LogP contribution in [-0.2, 0) is 4.79 Å². The Morgan fingerprint density at radius 1 is 1.19 bits per heavy atom. The standard InChI is InChI=1S/C21H26N2O2.ClH/c1-15(23(2)21(24)18-12-13-22-14-18)16-8-10-17(11-9-16)19-6-4-5-7-20(19)25-3;/h4-11,15,18,22H,12-14H2,1-3H3;1H. The van der Waals surface area contributed by atoms with E-state index in [4.69, 9.17) is 4.74 Å². The van der Waals surface area contributed by atoms with E-state index in [0.29, 0.717) is 0 Å². The first-order valence-electron chi connectivity index (χ1n) is 8.82.